The molecule has 1 aromatic carbocycles. The van der Waals surface area contributed by atoms with E-state index in [0.717, 1.165) is 36.5 Å². The summed E-state index contributed by atoms with van der Waals surface area (Å²) in [5.41, 5.74) is 9.52. The van der Waals surface area contributed by atoms with E-state index < -0.39 is 0 Å². The van der Waals surface area contributed by atoms with Crippen LogP contribution in [0.4, 0.5) is 0 Å². The average molecular weight is 442 g/mol. The number of carbonyl (C=O) groups excluding carboxylic acids is 1. The molecule has 1 amide bonds. The highest BCUT2D eigenvalue weighted by molar-refractivity contribution is 6.45. The van der Waals surface area contributed by atoms with Gasteiger partial charge in [0.1, 0.15) is 11.5 Å². The number of hydrogen-bond acceptors (Lipinski definition) is 7. The Morgan fingerprint density at radius 3 is 2.44 bits per heavy atom. The molecule has 1 fully saturated rings. The van der Waals surface area contributed by atoms with Crippen LogP contribution < -0.4 is 11.1 Å². The van der Waals surface area contributed by atoms with E-state index in [2.05, 4.69) is 15.2 Å². The van der Waals surface area contributed by atoms with E-state index in [1.807, 2.05) is 36.1 Å². The summed E-state index contributed by atoms with van der Waals surface area (Å²) in [4.78, 5) is 20.1. The van der Waals surface area contributed by atoms with E-state index in [9.17, 15) is 4.79 Å². The Labute approximate surface area is 190 Å². The Morgan fingerprint density at radius 2 is 1.88 bits per heavy atom. The molecule has 0 radical (unpaired) electrons. The molecule has 0 atom stereocenters. The highest BCUT2D eigenvalue weighted by Crippen LogP contribution is 2.11. The molecular weight excluding hydrogens is 406 g/mol. The number of rotatable bonds is 10. The Hall–Kier alpha value is -3.04. The van der Waals surface area contributed by atoms with Gasteiger partial charge in [-0.25, -0.2) is 0 Å². The largest absolute Gasteiger partial charge is 0.404 e. The normalized spacial score (nSPS) is 15.5. The Morgan fingerprint density at radius 1 is 1.22 bits per heavy atom. The van der Waals surface area contributed by atoms with E-state index in [0.29, 0.717) is 38.2 Å². The highest BCUT2D eigenvalue weighted by Gasteiger charge is 2.22. The van der Waals surface area contributed by atoms with Crippen LogP contribution in [0.15, 0.2) is 41.0 Å². The summed E-state index contributed by atoms with van der Waals surface area (Å²) >= 11 is 0. The van der Waals surface area contributed by atoms with Gasteiger partial charge in [-0.2, -0.15) is 0 Å². The molecule has 2 rings (SSSR count). The Balaban J connectivity index is 1.85. The maximum Gasteiger partial charge on any atom is 0.222 e. The third-order valence-electron chi connectivity index (χ3n) is 5.59. The zero-order valence-electron chi connectivity index (χ0n) is 19.3. The first-order chi connectivity index (χ1) is 15.4. The molecule has 5 N–H and O–H groups in total. The van der Waals surface area contributed by atoms with Gasteiger partial charge < -0.3 is 20.7 Å². The van der Waals surface area contributed by atoms with Crippen molar-refractivity contribution < 1.29 is 9.53 Å². The van der Waals surface area contributed by atoms with Crippen molar-refractivity contribution in [3.05, 3.63) is 47.2 Å². The standard InChI is InChI=1S/C23H35N7O2/c1-17(27-2)20(14-24)16-29-9-11-30(12-10-29)23(26)22(25)19-6-4-18(5-7-19)15-28-21(31)8-13-32-3/h4-7,14,25-26H,8-13,15-16,24H2,1-3H3,(H,28,31). The maximum absolute atomic E-state index is 11.7. The van der Waals surface area contributed by atoms with Crippen LogP contribution in [0.1, 0.15) is 24.5 Å². The topological polar surface area (TPSA) is 131 Å². The number of nitrogens with zero attached hydrogens (tertiary/aromatic N) is 3. The lowest BCUT2D eigenvalue weighted by Crippen LogP contribution is -2.50. The number of benzene rings is 1. The molecule has 1 aliphatic heterocycles. The van der Waals surface area contributed by atoms with Crippen molar-refractivity contribution in [3.8, 4) is 0 Å². The molecule has 1 saturated heterocycles. The summed E-state index contributed by atoms with van der Waals surface area (Å²) in [7, 11) is 3.33. The molecule has 0 aliphatic carbocycles. The smallest absolute Gasteiger partial charge is 0.222 e. The van der Waals surface area contributed by atoms with E-state index >= 15 is 0 Å². The van der Waals surface area contributed by atoms with E-state index in [1.54, 1.807) is 20.4 Å². The number of aliphatic imine (C=N–C) groups is 1. The quantitative estimate of drug-likeness (QED) is 0.320. The van der Waals surface area contributed by atoms with Gasteiger partial charge in [0.05, 0.1) is 6.61 Å². The van der Waals surface area contributed by atoms with Crippen LogP contribution in [-0.4, -0.2) is 86.5 Å². The summed E-state index contributed by atoms with van der Waals surface area (Å²) in [5, 5.41) is 19.8. The molecule has 1 heterocycles. The van der Waals surface area contributed by atoms with E-state index in [-0.39, 0.29) is 17.5 Å². The van der Waals surface area contributed by atoms with Crippen molar-refractivity contribution in [1.82, 2.24) is 15.1 Å². The first kappa shape index (κ1) is 25.2. The number of amidine groups is 1. The van der Waals surface area contributed by atoms with Gasteiger partial charge in [-0.15, -0.1) is 0 Å². The lowest BCUT2D eigenvalue weighted by molar-refractivity contribution is -0.122. The molecule has 32 heavy (non-hydrogen) atoms. The molecule has 0 saturated carbocycles. The highest BCUT2D eigenvalue weighted by atomic mass is 16.5. The molecule has 9 nitrogen and oxygen atoms in total. The number of amides is 1. The van der Waals surface area contributed by atoms with Gasteiger partial charge >= 0.3 is 0 Å². The zero-order chi connectivity index (χ0) is 23.5. The van der Waals surface area contributed by atoms with Crippen LogP contribution in [-0.2, 0) is 16.1 Å². The van der Waals surface area contributed by atoms with Crippen molar-refractivity contribution in [2.24, 2.45) is 10.7 Å². The van der Waals surface area contributed by atoms with Gasteiger partial charge in [0, 0.05) is 82.9 Å². The van der Waals surface area contributed by atoms with Crippen LogP contribution in [0.2, 0.25) is 0 Å². The summed E-state index contributed by atoms with van der Waals surface area (Å²) in [6.07, 6.45) is 1.94. The third kappa shape index (κ3) is 7.28. The van der Waals surface area contributed by atoms with Gasteiger partial charge in [0.25, 0.3) is 0 Å². The number of methoxy groups -OCH3 is 1. The number of carbonyl (C=O) groups is 1. The SMILES string of the molecule is CN=C(C)C(=CN)CN1CCN(C(=N)C(=N)c2ccc(CNC(=O)CCOC)cc2)CC1. The van der Waals surface area contributed by atoms with Crippen molar-refractivity contribution in [3.63, 3.8) is 0 Å². The summed E-state index contributed by atoms with van der Waals surface area (Å²) in [5.74, 6) is 0.168. The van der Waals surface area contributed by atoms with Crippen molar-refractivity contribution in [1.29, 1.82) is 10.8 Å². The minimum Gasteiger partial charge on any atom is -0.404 e. The maximum atomic E-state index is 11.7. The fourth-order valence-corrected chi connectivity index (χ4v) is 3.37. The lowest BCUT2D eigenvalue weighted by Gasteiger charge is -2.36. The fourth-order valence-electron chi connectivity index (χ4n) is 3.37. The van der Waals surface area contributed by atoms with E-state index in [1.165, 1.54) is 0 Å². The van der Waals surface area contributed by atoms with Crippen LogP contribution in [0.3, 0.4) is 0 Å². The van der Waals surface area contributed by atoms with Crippen LogP contribution in [0.25, 0.3) is 0 Å². The molecule has 1 aliphatic rings. The van der Waals surface area contributed by atoms with Crippen LogP contribution in [0.5, 0.6) is 0 Å². The van der Waals surface area contributed by atoms with E-state index in [4.69, 9.17) is 21.3 Å². The van der Waals surface area contributed by atoms with Gasteiger partial charge in [-0.3, -0.25) is 25.5 Å². The monoisotopic (exact) mass is 441 g/mol. The van der Waals surface area contributed by atoms with Crippen molar-refractivity contribution in [2.75, 3.05) is 53.5 Å². The molecule has 9 heteroatoms. The average Bonchev–Trinajstić information content (AvgIpc) is 2.84. The predicted molar refractivity (Wildman–Crippen MR) is 129 cm³/mol. The van der Waals surface area contributed by atoms with Crippen LogP contribution >= 0.6 is 0 Å². The molecule has 0 spiro atoms. The van der Waals surface area contributed by atoms with Crippen molar-refractivity contribution in [2.45, 2.75) is 19.9 Å². The third-order valence-corrected chi connectivity index (χ3v) is 5.59. The number of nitrogens with one attached hydrogen (secondary N) is 3. The summed E-state index contributed by atoms with van der Waals surface area (Å²) in [6, 6.07) is 7.41. The molecule has 1 aromatic rings. The second kappa shape index (κ2) is 12.7. The minimum atomic E-state index is -0.0594. The summed E-state index contributed by atoms with van der Waals surface area (Å²) in [6.45, 7) is 6.48. The van der Waals surface area contributed by atoms with Gasteiger partial charge in [-0.05, 0) is 12.5 Å². The molecule has 0 bridgehead atoms. The number of nitrogens with two attached hydrogens (primary N) is 1. The molecule has 174 valence electrons. The second-order valence-corrected chi connectivity index (χ2v) is 7.70. The lowest BCUT2D eigenvalue weighted by atomic mass is 10.1. The van der Waals surface area contributed by atoms with Crippen LogP contribution in [0, 0.1) is 10.8 Å². The molecule has 0 unspecified atom stereocenters. The number of ether oxygens (including phenoxy) is 1. The second-order valence-electron chi connectivity index (χ2n) is 7.70. The first-order valence-electron chi connectivity index (χ1n) is 10.7. The van der Waals surface area contributed by atoms with Crippen molar-refractivity contribution >= 4 is 23.2 Å². The Bertz CT molecular complexity index is 854. The fraction of sp³-hybridized carbons (Fsp3) is 0.478. The zero-order valence-corrected chi connectivity index (χ0v) is 19.3. The molecule has 0 aromatic heterocycles. The predicted octanol–water partition coefficient (Wildman–Crippen LogP) is 1.24. The first-order valence-corrected chi connectivity index (χ1v) is 10.7. The summed E-state index contributed by atoms with van der Waals surface area (Å²) < 4.78 is 4.90. The molecular formula is C23H35N7O2. The van der Waals surface area contributed by atoms with Gasteiger partial charge in [-0.1, -0.05) is 24.3 Å². The van der Waals surface area contributed by atoms with Gasteiger partial charge in [0.15, 0.2) is 0 Å². The minimum absolute atomic E-state index is 0.0594. The van der Waals surface area contributed by atoms with Gasteiger partial charge in [0.2, 0.25) is 5.91 Å². The number of piperazine rings is 1. The Kier molecular flexibility index (Phi) is 10.0. The number of hydrogen-bond donors (Lipinski definition) is 4.